The molecule has 2 amide bonds. The Morgan fingerprint density at radius 3 is 2.37 bits per heavy atom. The van der Waals surface area contributed by atoms with Crippen molar-refractivity contribution in [1.29, 1.82) is 0 Å². The fraction of sp³-hybridized carbons (Fsp3) is 0.185. The minimum absolute atomic E-state index is 0.0490. The second kappa shape index (κ2) is 11.2. The summed E-state index contributed by atoms with van der Waals surface area (Å²) in [4.78, 5) is 14.1. The van der Waals surface area contributed by atoms with Gasteiger partial charge in [-0.2, -0.15) is 18.4 Å². The summed E-state index contributed by atoms with van der Waals surface area (Å²) in [6.07, 6.45) is -4.47. The van der Waals surface area contributed by atoms with Crippen molar-refractivity contribution >= 4 is 23.1 Å². The van der Waals surface area contributed by atoms with Gasteiger partial charge in [0, 0.05) is 17.8 Å². The minimum Gasteiger partial charge on any atom is -0.357 e. The number of benzene rings is 3. The van der Waals surface area contributed by atoms with Crippen molar-refractivity contribution in [3.63, 3.8) is 0 Å². The zero-order valence-electron chi connectivity index (χ0n) is 20.8. The lowest BCUT2D eigenvalue weighted by atomic mass is 9.98. The van der Waals surface area contributed by atoms with Gasteiger partial charge in [-0.05, 0) is 54.5 Å². The van der Waals surface area contributed by atoms with E-state index < -0.39 is 18.8 Å². The lowest BCUT2D eigenvalue weighted by Crippen LogP contribution is -2.36. The Bertz CT molecular complexity index is 1420. The van der Waals surface area contributed by atoms with Gasteiger partial charge in [0.25, 0.3) is 0 Å². The van der Waals surface area contributed by atoms with Crippen LogP contribution in [0, 0.1) is 6.92 Å². The van der Waals surface area contributed by atoms with Gasteiger partial charge in [-0.1, -0.05) is 60.2 Å². The molecule has 0 fully saturated rings. The molecule has 3 N–H and O–H groups in total. The van der Waals surface area contributed by atoms with E-state index in [0.29, 0.717) is 33.8 Å². The van der Waals surface area contributed by atoms with E-state index in [2.05, 4.69) is 37.8 Å². The SMILES string of the molecule is C=C(C)CN(CC(F)(F)F)c1ccc(-c2ccccc2-c2nn[nH]n2)cc1NC(=O)Nc1ccc(C)cc1. The topological polar surface area (TPSA) is 98.8 Å². The molecule has 38 heavy (non-hydrogen) atoms. The molecule has 0 aliphatic heterocycles. The number of rotatable bonds is 8. The first-order chi connectivity index (χ1) is 18.1. The highest BCUT2D eigenvalue weighted by molar-refractivity contribution is 6.02. The van der Waals surface area contributed by atoms with Crippen LogP contribution >= 0.6 is 0 Å². The summed E-state index contributed by atoms with van der Waals surface area (Å²) in [6, 6.07) is 18.7. The Labute approximate surface area is 217 Å². The maximum atomic E-state index is 13.5. The van der Waals surface area contributed by atoms with E-state index in [4.69, 9.17) is 0 Å². The summed E-state index contributed by atoms with van der Waals surface area (Å²) < 4.78 is 40.5. The van der Waals surface area contributed by atoms with Gasteiger partial charge in [0.2, 0.25) is 5.82 Å². The van der Waals surface area contributed by atoms with Crippen molar-refractivity contribution in [1.82, 2.24) is 20.6 Å². The quantitative estimate of drug-likeness (QED) is 0.232. The number of aryl methyl sites for hydroxylation is 1. The van der Waals surface area contributed by atoms with Crippen LogP contribution in [0.4, 0.5) is 35.0 Å². The number of hydrogen-bond donors (Lipinski definition) is 3. The third kappa shape index (κ3) is 6.75. The molecule has 0 saturated carbocycles. The Morgan fingerprint density at radius 2 is 1.74 bits per heavy atom. The van der Waals surface area contributed by atoms with E-state index in [1.807, 2.05) is 43.3 Å². The number of H-pyrrole nitrogens is 1. The van der Waals surface area contributed by atoms with E-state index in [0.717, 1.165) is 10.5 Å². The largest absolute Gasteiger partial charge is 0.405 e. The van der Waals surface area contributed by atoms with Crippen LogP contribution in [0.1, 0.15) is 12.5 Å². The second-order valence-corrected chi connectivity index (χ2v) is 8.89. The van der Waals surface area contributed by atoms with Crippen LogP contribution in [0.3, 0.4) is 0 Å². The van der Waals surface area contributed by atoms with Gasteiger partial charge in [-0.3, -0.25) is 0 Å². The van der Waals surface area contributed by atoms with Gasteiger partial charge in [-0.25, -0.2) is 4.79 Å². The van der Waals surface area contributed by atoms with E-state index in [-0.39, 0.29) is 17.9 Å². The van der Waals surface area contributed by atoms with Crippen LogP contribution < -0.4 is 15.5 Å². The first-order valence-electron chi connectivity index (χ1n) is 11.7. The number of carbonyl (C=O) groups excluding carboxylic acids is 1. The Kier molecular flexibility index (Phi) is 7.75. The number of halogens is 3. The predicted octanol–water partition coefficient (Wildman–Crippen LogP) is 6.43. The monoisotopic (exact) mass is 521 g/mol. The van der Waals surface area contributed by atoms with Crippen molar-refractivity contribution in [2.45, 2.75) is 20.0 Å². The number of aromatic nitrogens is 4. The summed E-state index contributed by atoms with van der Waals surface area (Å²) in [6.45, 7) is 6.08. The lowest BCUT2D eigenvalue weighted by molar-refractivity contribution is -0.119. The van der Waals surface area contributed by atoms with Crippen molar-refractivity contribution < 1.29 is 18.0 Å². The fourth-order valence-electron chi connectivity index (χ4n) is 3.98. The second-order valence-electron chi connectivity index (χ2n) is 8.89. The molecule has 1 heterocycles. The molecule has 0 unspecified atom stereocenters. The first-order valence-corrected chi connectivity index (χ1v) is 11.7. The first kappa shape index (κ1) is 26.4. The average Bonchev–Trinajstić information content (AvgIpc) is 3.39. The number of tetrazole rings is 1. The summed E-state index contributed by atoms with van der Waals surface area (Å²) >= 11 is 0. The Morgan fingerprint density at radius 1 is 1.03 bits per heavy atom. The zero-order valence-corrected chi connectivity index (χ0v) is 20.8. The lowest BCUT2D eigenvalue weighted by Gasteiger charge is -2.29. The van der Waals surface area contributed by atoms with Crippen LogP contribution in [0.5, 0.6) is 0 Å². The molecule has 196 valence electrons. The molecule has 0 spiro atoms. The number of amides is 2. The highest BCUT2D eigenvalue weighted by Gasteiger charge is 2.32. The smallest absolute Gasteiger partial charge is 0.357 e. The van der Waals surface area contributed by atoms with E-state index in [1.54, 1.807) is 37.3 Å². The van der Waals surface area contributed by atoms with Crippen molar-refractivity contribution in [2.24, 2.45) is 0 Å². The summed E-state index contributed by atoms with van der Waals surface area (Å²) in [5.41, 5.74) is 4.52. The predicted molar refractivity (Wildman–Crippen MR) is 142 cm³/mol. The molecule has 1 aromatic heterocycles. The molecule has 4 rings (SSSR count). The van der Waals surface area contributed by atoms with Crippen LogP contribution in [0.25, 0.3) is 22.5 Å². The fourth-order valence-corrected chi connectivity index (χ4v) is 3.98. The molecule has 4 aromatic rings. The standard InChI is InChI=1S/C27H26F3N7O/c1-17(2)15-37(16-27(28,29)30)24-13-10-19(21-6-4-5-7-22(21)25-33-35-36-34-25)14-23(24)32-26(38)31-20-11-8-18(3)9-12-20/h4-14H,1,15-16H2,2-3H3,(H2,31,32,38)(H,33,34,35,36). The van der Waals surface area contributed by atoms with E-state index in [1.165, 1.54) is 0 Å². The highest BCUT2D eigenvalue weighted by Crippen LogP contribution is 2.37. The average molecular weight is 522 g/mol. The molecule has 0 radical (unpaired) electrons. The zero-order chi connectivity index (χ0) is 27.3. The maximum absolute atomic E-state index is 13.5. The third-order valence-corrected chi connectivity index (χ3v) is 5.55. The molecule has 11 heteroatoms. The van der Waals surface area contributed by atoms with E-state index in [9.17, 15) is 18.0 Å². The summed E-state index contributed by atoms with van der Waals surface area (Å²) in [7, 11) is 0. The maximum Gasteiger partial charge on any atom is 0.405 e. The summed E-state index contributed by atoms with van der Waals surface area (Å²) in [5.74, 6) is 0.359. The Balaban J connectivity index is 1.76. The molecular formula is C27H26F3N7O. The number of anilines is 3. The number of nitrogens with zero attached hydrogens (tertiary/aromatic N) is 4. The molecule has 8 nitrogen and oxygen atoms in total. The van der Waals surface area contributed by atoms with Crippen LogP contribution in [-0.4, -0.2) is 45.9 Å². The molecule has 0 aliphatic rings. The number of alkyl halides is 3. The van der Waals surface area contributed by atoms with Crippen molar-refractivity contribution in [2.75, 3.05) is 28.6 Å². The summed E-state index contributed by atoms with van der Waals surface area (Å²) in [5, 5.41) is 19.6. The number of hydrogen-bond acceptors (Lipinski definition) is 5. The van der Waals surface area contributed by atoms with Gasteiger partial charge in [0.1, 0.15) is 6.54 Å². The molecule has 3 aromatic carbocycles. The van der Waals surface area contributed by atoms with Gasteiger partial charge in [-0.15, -0.1) is 10.2 Å². The molecule has 0 bridgehead atoms. The van der Waals surface area contributed by atoms with Gasteiger partial charge in [0.05, 0.1) is 11.4 Å². The van der Waals surface area contributed by atoms with Crippen LogP contribution in [0.2, 0.25) is 0 Å². The van der Waals surface area contributed by atoms with Gasteiger partial charge < -0.3 is 15.5 Å². The molecule has 0 saturated heterocycles. The third-order valence-electron chi connectivity index (χ3n) is 5.55. The minimum atomic E-state index is -4.47. The van der Waals surface area contributed by atoms with Gasteiger partial charge >= 0.3 is 12.2 Å². The Hall–Kier alpha value is -4.67. The number of carbonyl (C=O) groups is 1. The normalized spacial score (nSPS) is 11.2. The van der Waals surface area contributed by atoms with E-state index >= 15 is 0 Å². The van der Waals surface area contributed by atoms with Crippen molar-refractivity contribution in [3.05, 3.63) is 84.4 Å². The highest BCUT2D eigenvalue weighted by atomic mass is 19.4. The molecular weight excluding hydrogens is 495 g/mol. The molecule has 0 atom stereocenters. The number of urea groups is 1. The van der Waals surface area contributed by atoms with Crippen LogP contribution in [0.15, 0.2) is 78.9 Å². The van der Waals surface area contributed by atoms with Crippen LogP contribution in [-0.2, 0) is 0 Å². The molecule has 0 aliphatic carbocycles. The number of nitrogens with one attached hydrogen (secondary N) is 3. The van der Waals surface area contributed by atoms with Gasteiger partial charge in [0.15, 0.2) is 0 Å². The number of aromatic amines is 1. The van der Waals surface area contributed by atoms with Crippen molar-refractivity contribution in [3.8, 4) is 22.5 Å².